The van der Waals surface area contributed by atoms with Gasteiger partial charge in [-0.3, -0.25) is 9.78 Å². The maximum atomic E-state index is 12.2. The molecule has 0 aliphatic heterocycles. The maximum Gasteiger partial charge on any atom is 0.252 e. The van der Waals surface area contributed by atoms with Gasteiger partial charge in [0.1, 0.15) is 18.4 Å². The van der Waals surface area contributed by atoms with Gasteiger partial charge in [0, 0.05) is 11.3 Å². The van der Waals surface area contributed by atoms with Crippen LogP contribution >= 0.6 is 0 Å². The minimum atomic E-state index is -0.457. The molecule has 124 valence electrons. The van der Waals surface area contributed by atoms with Gasteiger partial charge in [-0.1, -0.05) is 25.5 Å². The number of carbonyl (C=O) groups is 1. The first-order valence-electron chi connectivity index (χ1n) is 7.97. The molecule has 2 aromatic rings. The summed E-state index contributed by atoms with van der Waals surface area (Å²) in [6.45, 7) is 4.25. The van der Waals surface area contributed by atoms with Crippen molar-refractivity contribution in [3.63, 3.8) is 0 Å². The summed E-state index contributed by atoms with van der Waals surface area (Å²) < 4.78 is 5.68. The van der Waals surface area contributed by atoms with Crippen molar-refractivity contribution >= 4 is 5.91 Å². The van der Waals surface area contributed by atoms with E-state index in [1.165, 1.54) is 0 Å². The van der Waals surface area contributed by atoms with Gasteiger partial charge in [0.2, 0.25) is 0 Å². The Morgan fingerprint density at radius 3 is 2.88 bits per heavy atom. The van der Waals surface area contributed by atoms with E-state index >= 15 is 0 Å². The van der Waals surface area contributed by atoms with Crippen LogP contribution in [0.3, 0.4) is 0 Å². The van der Waals surface area contributed by atoms with Gasteiger partial charge in [0.25, 0.3) is 5.91 Å². The number of benzene rings is 1. The van der Waals surface area contributed by atoms with Crippen molar-refractivity contribution in [3.05, 3.63) is 59.4 Å². The first-order chi connectivity index (χ1) is 11.6. The number of pyridine rings is 1. The molecule has 5 heteroatoms. The fraction of sp³-hybridized carbons (Fsp3) is 0.316. The number of rotatable bonds is 7. The van der Waals surface area contributed by atoms with Crippen molar-refractivity contribution in [2.24, 2.45) is 0 Å². The van der Waals surface area contributed by atoms with Crippen LogP contribution in [0, 0.1) is 18.3 Å². The Morgan fingerprint density at radius 1 is 1.38 bits per heavy atom. The van der Waals surface area contributed by atoms with E-state index in [2.05, 4.69) is 16.4 Å². The number of carbonyl (C=O) groups excluding carboxylic acids is 1. The second kappa shape index (κ2) is 8.68. The molecule has 1 unspecified atom stereocenters. The molecule has 0 aliphatic carbocycles. The first-order valence-corrected chi connectivity index (χ1v) is 7.97. The van der Waals surface area contributed by atoms with Crippen LogP contribution in [-0.2, 0) is 6.61 Å². The zero-order valence-electron chi connectivity index (χ0n) is 14.0. The summed E-state index contributed by atoms with van der Waals surface area (Å²) in [5.74, 6) is 0.441. The molecule has 1 atom stereocenters. The van der Waals surface area contributed by atoms with Crippen LogP contribution in [0.25, 0.3) is 0 Å². The van der Waals surface area contributed by atoms with Gasteiger partial charge in [-0.25, -0.2) is 0 Å². The van der Waals surface area contributed by atoms with Gasteiger partial charge in [-0.2, -0.15) is 5.26 Å². The number of hydrogen-bond donors (Lipinski definition) is 1. The lowest BCUT2D eigenvalue weighted by Crippen LogP contribution is -2.33. The zero-order chi connectivity index (χ0) is 17.4. The molecule has 0 saturated carbocycles. The average Bonchev–Trinajstić information content (AvgIpc) is 2.61. The topological polar surface area (TPSA) is 75.0 Å². The van der Waals surface area contributed by atoms with Crippen molar-refractivity contribution in [3.8, 4) is 11.8 Å². The minimum Gasteiger partial charge on any atom is -0.487 e. The maximum absolute atomic E-state index is 12.2. The molecule has 0 fully saturated rings. The number of aryl methyl sites for hydroxylation is 1. The SMILES string of the molecule is CCCC(C#N)NC(=O)c1cccc(COc2ccc(C)nc2)c1. The lowest BCUT2D eigenvalue weighted by molar-refractivity contribution is 0.0943. The minimum absolute atomic E-state index is 0.242. The van der Waals surface area contributed by atoms with Crippen molar-refractivity contribution in [2.45, 2.75) is 39.3 Å². The monoisotopic (exact) mass is 323 g/mol. The lowest BCUT2D eigenvalue weighted by atomic mass is 10.1. The van der Waals surface area contributed by atoms with E-state index in [0.717, 1.165) is 17.7 Å². The summed E-state index contributed by atoms with van der Waals surface area (Å²) in [5.41, 5.74) is 2.34. The Morgan fingerprint density at radius 2 is 2.21 bits per heavy atom. The van der Waals surface area contributed by atoms with E-state index in [-0.39, 0.29) is 5.91 Å². The summed E-state index contributed by atoms with van der Waals surface area (Å²) in [6, 6.07) is 12.6. The van der Waals surface area contributed by atoms with Crippen LogP contribution in [0.1, 0.15) is 41.4 Å². The molecule has 5 nitrogen and oxygen atoms in total. The summed E-state index contributed by atoms with van der Waals surface area (Å²) >= 11 is 0. The molecule has 0 saturated heterocycles. The Balaban J connectivity index is 1.99. The van der Waals surface area contributed by atoms with Crippen LogP contribution in [-0.4, -0.2) is 16.9 Å². The molecular weight excluding hydrogens is 302 g/mol. The van der Waals surface area contributed by atoms with E-state index in [4.69, 9.17) is 10.00 Å². The van der Waals surface area contributed by atoms with Gasteiger partial charge in [-0.15, -0.1) is 0 Å². The number of hydrogen-bond acceptors (Lipinski definition) is 4. The predicted octanol–water partition coefficient (Wildman–Crippen LogP) is 3.39. The summed E-state index contributed by atoms with van der Waals surface area (Å²) in [5, 5.41) is 11.8. The third kappa shape index (κ3) is 5.10. The van der Waals surface area contributed by atoms with Gasteiger partial charge < -0.3 is 10.1 Å². The summed E-state index contributed by atoms with van der Waals surface area (Å²) in [6.07, 6.45) is 3.16. The van der Waals surface area contributed by atoms with E-state index in [1.807, 2.05) is 38.1 Å². The molecule has 1 heterocycles. The number of nitrogens with one attached hydrogen (secondary N) is 1. The van der Waals surface area contributed by atoms with Crippen LogP contribution < -0.4 is 10.1 Å². The third-order valence-corrected chi connectivity index (χ3v) is 3.52. The number of nitrogens with zero attached hydrogens (tertiary/aromatic N) is 2. The average molecular weight is 323 g/mol. The van der Waals surface area contributed by atoms with Crippen molar-refractivity contribution in [1.29, 1.82) is 5.26 Å². The molecule has 1 aromatic heterocycles. The molecule has 1 N–H and O–H groups in total. The quantitative estimate of drug-likeness (QED) is 0.847. The molecule has 1 aromatic carbocycles. The number of aromatic nitrogens is 1. The molecule has 1 amide bonds. The zero-order valence-corrected chi connectivity index (χ0v) is 14.0. The van der Waals surface area contributed by atoms with Crippen molar-refractivity contribution < 1.29 is 9.53 Å². The third-order valence-electron chi connectivity index (χ3n) is 3.52. The second-order valence-corrected chi connectivity index (χ2v) is 5.57. The first kappa shape index (κ1) is 17.5. The molecule has 0 bridgehead atoms. The van der Waals surface area contributed by atoms with E-state index in [9.17, 15) is 4.79 Å². The van der Waals surface area contributed by atoms with E-state index in [1.54, 1.807) is 18.3 Å². The van der Waals surface area contributed by atoms with Gasteiger partial charge >= 0.3 is 0 Å². The smallest absolute Gasteiger partial charge is 0.252 e. The largest absolute Gasteiger partial charge is 0.487 e. The highest BCUT2D eigenvalue weighted by Gasteiger charge is 2.12. The number of amides is 1. The lowest BCUT2D eigenvalue weighted by Gasteiger charge is -2.11. The van der Waals surface area contributed by atoms with Crippen LogP contribution in [0.2, 0.25) is 0 Å². The van der Waals surface area contributed by atoms with E-state index < -0.39 is 6.04 Å². The highest BCUT2D eigenvalue weighted by molar-refractivity contribution is 5.94. The molecule has 0 radical (unpaired) electrons. The standard InChI is InChI=1S/C19H21N3O2/c1-3-5-17(11-20)22-19(23)16-7-4-6-15(10-16)13-24-18-9-8-14(2)21-12-18/h4,6-10,12,17H,3,5,13H2,1-2H3,(H,22,23). The summed E-state index contributed by atoms with van der Waals surface area (Å²) in [4.78, 5) is 16.4. The second-order valence-electron chi connectivity index (χ2n) is 5.57. The Labute approximate surface area is 142 Å². The predicted molar refractivity (Wildman–Crippen MR) is 91.5 cm³/mol. The fourth-order valence-corrected chi connectivity index (χ4v) is 2.21. The molecule has 0 aliphatic rings. The highest BCUT2D eigenvalue weighted by Crippen LogP contribution is 2.13. The van der Waals surface area contributed by atoms with Gasteiger partial charge in [0.05, 0.1) is 12.3 Å². The van der Waals surface area contributed by atoms with Crippen molar-refractivity contribution in [2.75, 3.05) is 0 Å². The van der Waals surface area contributed by atoms with Crippen LogP contribution in [0.4, 0.5) is 0 Å². The summed E-state index contributed by atoms with van der Waals surface area (Å²) in [7, 11) is 0. The van der Waals surface area contributed by atoms with Crippen LogP contribution in [0.5, 0.6) is 5.75 Å². The van der Waals surface area contributed by atoms with E-state index in [0.29, 0.717) is 24.3 Å². The van der Waals surface area contributed by atoms with Gasteiger partial charge in [-0.05, 0) is 43.2 Å². The van der Waals surface area contributed by atoms with Gasteiger partial charge in [0.15, 0.2) is 0 Å². The number of ether oxygens (including phenoxy) is 1. The Kier molecular flexibility index (Phi) is 6.32. The highest BCUT2D eigenvalue weighted by atomic mass is 16.5. The number of nitriles is 1. The molecule has 0 spiro atoms. The molecule has 2 rings (SSSR count). The van der Waals surface area contributed by atoms with Crippen molar-refractivity contribution in [1.82, 2.24) is 10.3 Å². The molecular formula is C19H21N3O2. The Hall–Kier alpha value is -2.87. The van der Waals surface area contributed by atoms with Crippen LogP contribution in [0.15, 0.2) is 42.6 Å². The fourth-order valence-electron chi connectivity index (χ4n) is 2.21. The normalized spacial score (nSPS) is 11.4. The molecule has 24 heavy (non-hydrogen) atoms. The Bertz CT molecular complexity index is 720.